The molecule has 13 nitrogen and oxygen atoms in total. The van der Waals surface area contributed by atoms with Gasteiger partial charge in [-0.05, 0) is 111 Å². The molecule has 5 aliphatic heterocycles. The number of rotatable bonds is 8. The van der Waals surface area contributed by atoms with Crippen molar-refractivity contribution >= 4 is 40.4 Å². The van der Waals surface area contributed by atoms with E-state index in [9.17, 15) is 32.8 Å². The molecular weight excluding hydrogens is 797 g/mol. The Morgan fingerprint density at radius 2 is 1.61 bits per heavy atom. The van der Waals surface area contributed by atoms with Crippen molar-refractivity contribution in [2.24, 2.45) is 5.92 Å². The Hall–Kier alpha value is -5.54. The highest BCUT2D eigenvalue weighted by molar-refractivity contribution is 6.23. The molecule has 15 heteroatoms. The second-order valence-corrected chi connectivity index (χ2v) is 18.1. The summed E-state index contributed by atoms with van der Waals surface area (Å²) in [6.07, 6.45) is 5.14. The van der Waals surface area contributed by atoms with Gasteiger partial charge >= 0.3 is 0 Å². The highest BCUT2D eigenvalue weighted by Gasteiger charge is 2.46. The molecule has 4 aromatic rings. The maximum atomic E-state index is 14.0. The van der Waals surface area contributed by atoms with E-state index in [2.05, 4.69) is 21.3 Å². The molecule has 2 saturated heterocycles. The molecule has 2 aromatic heterocycles. The van der Waals surface area contributed by atoms with Crippen molar-refractivity contribution < 1.29 is 37.5 Å². The van der Waals surface area contributed by atoms with E-state index < -0.39 is 42.1 Å². The number of ether oxygens (including phenoxy) is 1. The van der Waals surface area contributed by atoms with Crippen LogP contribution in [0.1, 0.15) is 125 Å². The highest BCUT2D eigenvalue weighted by atomic mass is 19.3. The van der Waals surface area contributed by atoms with Crippen molar-refractivity contribution in [2.45, 2.75) is 114 Å². The normalized spacial score (nSPS) is 26.0. The molecular formula is C47H51F2N7O6. The maximum Gasteiger partial charge on any atom is 0.262 e. The van der Waals surface area contributed by atoms with E-state index in [1.54, 1.807) is 19.2 Å². The number of hydrogen-bond acceptors (Lipinski definition) is 9. The summed E-state index contributed by atoms with van der Waals surface area (Å²) in [5.74, 6) is -1.06. The van der Waals surface area contributed by atoms with E-state index in [4.69, 9.17) is 9.72 Å². The lowest BCUT2D eigenvalue weighted by Crippen LogP contribution is -2.54. The minimum Gasteiger partial charge on any atom is -0.495 e. The number of nitrogens with one attached hydrogen (secondary N) is 2. The largest absolute Gasteiger partial charge is 0.495 e. The molecule has 0 bridgehead atoms. The number of alkyl halides is 2. The van der Waals surface area contributed by atoms with E-state index in [1.165, 1.54) is 0 Å². The number of amides is 5. The van der Waals surface area contributed by atoms with Crippen molar-refractivity contribution in [3.05, 3.63) is 93.4 Å². The number of likely N-dealkylation sites (tertiary alicyclic amines) is 1. The molecule has 2 aromatic carbocycles. The molecule has 0 spiro atoms. The van der Waals surface area contributed by atoms with E-state index in [-0.39, 0.29) is 49.2 Å². The summed E-state index contributed by atoms with van der Waals surface area (Å²) >= 11 is 0. The third-order valence-electron chi connectivity index (χ3n) is 14.6. The number of methoxy groups -OCH3 is 1. The average molecular weight is 848 g/mol. The van der Waals surface area contributed by atoms with Crippen LogP contribution in [0.4, 0.5) is 8.78 Å². The van der Waals surface area contributed by atoms with Gasteiger partial charge in [-0.2, -0.15) is 0 Å². The Balaban J connectivity index is 0.755. The van der Waals surface area contributed by atoms with E-state index in [1.807, 2.05) is 47.2 Å². The molecule has 6 aliphatic rings. The number of halogens is 2. The maximum absolute atomic E-state index is 14.0. The smallest absolute Gasteiger partial charge is 0.262 e. The molecule has 324 valence electrons. The topological polar surface area (TPSA) is 148 Å². The standard InChI is InChI=1S/C47H51F2N7O6/c1-25-17-33-32-5-3-4-6-36(32)51-41(33)43(55(25)24-39(48)49)42-38(62-2)20-28(21-50-42)26-7-9-27(10-8-26)45(59)53-15-13-31(14-16-53)54-22-29-18-34-35(19-30(29)23-54)47(61)56(46(34)60)37-11-12-40(57)52-44(37)58/h3-6,18-21,25-27,31,37,39,43,51H,7-17,22-24H2,1-2H3,(H,52,57,58)/t25-,26?,27?,37?,43+/m1/s1. The van der Waals surface area contributed by atoms with Gasteiger partial charge in [0, 0.05) is 73.4 Å². The van der Waals surface area contributed by atoms with Gasteiger partial charge in [0.2, 0.25) is 17.7 Å². The number of pyridine rings is 1. The number of piperidine rings is 2. The number of aromatic amines is 1. The van der Waals surface area contributed by atoms with E-state index in [0.717, 1.165) is 82.3 Å². The lowest BCUT2D eigenvalue weighted by Gasteiger charge is -2.40. The molecule has 1 saturated carbocycles. The molecule has 10 rings (SSSR count). The van der Waals surface area contributed by atoms with Crippen molar-refractivity contribution in [1.29, 1.82) is 0 Å². The number of benzene rings is 2. The minimum atomic E-state index is -2.50. The zero-order chi connectivity index (χ0) is 43.0. The average Bonchev–Trinajstić information content (AvgIpc) is 3.94. The van der Waals surface area contributed by atoms with Crippen LogP contribution in [0.25, 0.3) is 10.9 Å². The van der Waals surface area contributed by atoms with Crippen molar-refractivity contribution in [1.82, 2.24) is 34.9 Å². The number of imide groups is 2. The Kier molecular flexibility index (Phi) is 10.4. The first-order valence-electron chi connectivity index (χ1n) is 22.0. The summed E-state index contributed by atoms with van der Waals surface area (Å²) in [5.41, 5.74) is 7.25. The van der Waals surface area contributed by atoms with Crippen LogP contribution in [0.2, 0.25) is 0 Å². The second-order valence-electron chi connectivity index (χ2n) is 18.1. The number of fused-ring (bicyclic) bond motifs is 5. The first kappa shape index (κ1) is 40.5. The summed E-state index contributed by atoms with van der Waals surface area (Å²) in [7, 11) is 1.61. The van der Waals surface area contributed by atoms with Gasteiger partial charge in [0.1, 0.15) is 17.5 Å². The predicted octanol–water partition coefficient (Wildman–Crippen LogP) is 5.85. The molecule has 62 heavy (non-hydrogen) atoms. The van der Waals surface area contributed by atoms with Gasteiger partial charge in [-0.15, -0.1) is 0 Å². The summed E-state index contributed by atoms with van der Waals surface area (Å²) in [6.45, 7) is 4.26. The first-order chi connectivity index (χ1) is 30.0. The Bertz CT molecular complexity index is 2450. The van der Waals surface area contributed by atoms with Gasteiger partial charge in [0.15, 0.2) is 0 Å². The van der Waals surface area contributed by atoms with Crippen LogP contribution in [-0.2, 0) is 33.9 Å². The summed E-state index contributed by atoms with van der Waals surface area (Å²) in [5, 5.41) is 3.35. The third kappa shape index (κ3) is 6.97. The van der Waals surface area contributed by atoms with Crippen LogP contribution < -0.4 is 10.1 Å². The summed E-state index contributed by atoms with van der Waals surface area (Å²) in [4.78, 5) is 80.6. The Morgan fingerprint density at radius 3 is 2.27 bits per heavy atom. The van der Waals surface area contributed by atoms with E-state index in [0.29, 0.717) is 55.2 Å². The van der Waals surface area contributed by atoms with Gasteiger partial charge in [-0.3, -0.25) is 49.0 Å². The fourth-order valence-corrected chi connectivity index (χ4v) is 11.3. The number of H-pyrrole nitrogens is 1. The van der Waals surface area contributed by atoms with Crippen LogP contribution in [0.5, 0.6) is 5.75 Å². The number of nitrogens with zero attached hydrogens (tertiary/aromatic N) is 5. The van der Waals surface area contributed by atoms with Crippen LogP contribution in [0, 0.1) is 5.92 Å². The predicted molar refractivity (Wildman–Crippen MR) is 223 cm³/mol. The number of aromatic nitrogens is 2. The SMILES string of the molecule is COc1cc(C2CCC(C(=O)N3CCC(N4Cc5cc6c(cc5C4)C(=O)N(C4CCC(=O)NC4=O)C6=O)CC3)CC2)cnc1[C@@H]1c2[nH]c3ccccc3c2C[C@@H](C)N1CC(F)F. The molecule has 0 radical (unpaired) electrons. The molecule has 3 fully saturated rings. The summed E-state index contributed by atoms with van der Waals surface area (Å²) in [6, 6.07) is 12.3. The zero-order valence-electron chi connectivity index (χ0n) is 35.0. The Morgan fingerprint density at radius 1 is 0.919 bits per heavy atom. The molecule has 7 heterocycles. The lowest BCUT2D eigenvalue weighted by molar-refractivity contribution is -0.138. The van der Waals surface area contributed by atoms with Gasteiger partial charge in [0.05, 0.1) is 30.8 Å². The van der Waals surface area contributed by atoms with Gasteiger partial charge in [-0.1, -0.05) is 18.2 Å². The highest BCUT2D eigenvalue weighted by Crippen LogP contribution is 2.45. The van der Waals surface area contributed by atoms with Gasteiger partial charge in [-0.25, -0.2) is 8.78 Å². The fourth-order valence-electron chi connectivity index (χ4n) is 11.3. The molecule has 2 N–H and O–H groups in total. The number of carbonyl (C=O) groups is 5. The third-order valence-corrected chi connectivity index (χ3v) is 14.6. The van der Waals surface area contributed by atoms with Crippen LogP contribution in [-0.4, -0.2) is 110 Å². The lowest BCUT2D eigenvalue weighted by atomic mass is 9.78. The van der Waals surface area contributed by atoms with E-state index >= 15 is 0 Å². The number of para-hydroxylation sites is 1. The number of carbonyl (C=O) groups excluding carboxylic acids is 5. The van der Waals surface area contributed by atoms with Gasteiger partial charge in [0.25, 0.3) is 18.2 Å². The van der Waals surface area contributed by atoms with Crippen molar-refractivity contribution in [3.8, 4) is 5.75 Å². The fraction of sp³-hybridized carbons (Fsp3) is 0.489. The molecule has 1 unspecified atom stereocenters. The molecule has 5 amide bonds. The van der Waals surface area contributed by atoms with Crippen LogP contribution in [0.15, 0.2) is 48.7 Å². The summed E-state index contributed by atoms with van der Waals surface area (Å²) < 4.78 is 34.0. The zero-order valence-corrected chi connectivity index (χ0v) is 35.0. The molecule has 1 aliphatic carbocycles. The molecule has 3 atom stereocenters. The second kappa shape index (κ2) is 16.0. The first-order valence-corrected chi connectivity index (χ1v) is 22.0. The van der Waals surface area contributed by atoms with Crippen molar-refractivity contribution in [3.63, 3.8) is 0 Å². The quantitative estimate of drug-likeness (QED) is 0.208. The van der Waals surface area contributed by atoms with Crippen molar-refractivity contribution in [2.75, 3.05) is 26.7 Å². The minimum absolute atomic E-state index is 0.0442. The monoisotopic (exact) mass is 847 g/mol. The Labute approximate surface area is 358 Å². The van der Waals surface area contributed by atoms with Gasteiger partial charge < -0.3 is 14.6 Å². The number of hydrogen-bond donors (Lipinski definition) is 2. The van der Waals surface area contributed by atoms with Crippen LogP contribution in [0.3, 0.4) is 0 Å². The van der Waals surface area contributed by atoms with Crippen LogP contribution >= 0.6 is 0 Å².